The van der Waals surface area contributed by atoms with Gasteiger partial charge in [-0.25, -0.2) is 38.4 Å². The quantitative estimate of drug-likeness (QED) is 0.121. The van der Waals surface area contributed by atoms with Crippen molar-refractivity contribution in [1.29, 1.82) is 0 Å². The summed E-state index contributed by atoms with van der Waals surface area (Å²) in [5.74, 6) is -14.1. The van der Waals surface area contributed by atoms with Crippen molar-refractivity contribution in [3.63, 3.8) is 0 Å². The lowest BCUT2D eigenvalue weighted by atomic mass is 9.27. The molecule has 10 rings (SSSR count). The molecule has 8 N–H and O–H groups in total. The molecular weight excluding hydrogens is 760 g/mol. The molecule has 58 heavy (non-hydrogen) atoms. The molecular formula is C42H42O16. The molecule has 0 heterocycles. The van der Waals surface area contributed by atoms with Crippen LogP contribution in [0.5, 0.6) is 0 Å². The van der Waals surface area contributed by atoms with E-state index >= 15 is 0 Å². The highest BCUT2D eigenvalue weighted by Gasteiger charge is 2.75. The molecule has 16 nitrogen and oxygen atoms in total. The van der Waals surface area contributed by atoms with Crippen LogP contribution in [0.15, 0.2) is 12.1 Å². The maximum absolute atomic E-state index is 13.2. The minimum Gasteiger partial charge on any atom is -0.478 e. The van der Waals surface area contributed by atoms with Gasteiger partial charge in [-0.3, -0.25) is 0 Å². The van der Waals surface area contributed by atoms with Gasteiger partial charge in [-0.05, 0) is 145 Å². The molecule has 4 atom stereocenters. The minimum atomic E-state index is -1.74. The molecule has 0 radical (unpaired) electrons. The number of hydrogen-bond acceptors (Lipinski definition) is 8. The fourth-order valence-electron chi connectivity index (χ4n) is 15.7. The summed E-state index contributed by atoms with van der Waals surface area (Å²) < 4.78 is 0. The zero-order chi connectivity index (χ0) is 42.4. The van der Waals surface area contributed by atoms with Crippen molar-refractivity contribution in [3.05, 3.63) is 67.8 Å². The van der Waals surface area contributed by atoms with E-state index in [1.165, 1.54) is 0 Å². The van der Waals surface area contributed by atoms with E-state index < -0.39 is 125 Å². The Balaban J connectivity index is 1.41. The van der Waals surface area contributed by atoms with E-state index in [-0.39, 0.29) is 61.5 Å². The number of hydrogen-bond donors (Lipinski definition) is 8. The van der Waals surface area contributed by atoms with Crippen LogP contribution < -0.4 is 0 Å². The summed E-state index contributed by atoms with van der Waals surface area (Å²) in [7, 11) is 0. The molecule has 8 aliphatic rings. The van der Waals surface area contributed by atoms with Gasteiger partial charge < -0.3 is 40.9 Å². The average Bonchev–Trinajstić information content (AvgIpc) is 3.07. The lowest BCUT2D eigenvalue weighted by Crippen LogP contribution is -2.69. The van der Waals surface area contributed by atoms with Crippen LogP contribution in [-0.4, -0.2) is 88.6 Å². The summed E-state index contributed by atoms with van der Waals surface area (Å²) >= 11 is 0. The zero-order valence-corrected chi connectivity index (χ0v) is 31.6. The van der Waals surface area contributed by atoms with Gasteiger partial charge in [0.05, 0.1) is 44.5 Å². The zero-order valence-electron chi connectivity index (χ0n) is 31.6. The number of carboxylic acid groups (broad SMARTS) is 8. The molecule has 0 saturated heterocycles. The first-order chi connectivity index (χ1) is 26.8. The summed E-state index contributed by atoms with van der Waals surface area (Å²) in [5, 5.41) is 83.7. The third kappa shape index (κ3) is 5.18. The molecule has 4 unspecified atom stereocenters. The van der Waals surface area contributed by atoms with Gasteiger partial charge in [-0.15, -0.1) is 0 Å². The highest BCUT2D eigenvalue weighted by atomic mass is 16.4. The normalized spacial score (nSPS) is 35.1. The van der Waals surface area contributed by atoms with Crippen LogP contribution in [-0.2, 0) is 10.8 Å². The standard InChI is InChI=1S/C42H42O16/c1-37-10-38(2)12-40(11-37,28-25(35(55)56)21(31(47)48)5-22(32(49)50)26(28)36(57)58)16-42(13-37,14-38)41-8-17-3-18(9-41)7-39(6-17,15-41)27-23(33(51)52)19(29(43)44)4-20(30(45)46)24(27)34(53)54/h4-5,17-18H,3,6-16H2,1-2H3,(H,43,44)(H,45,46)(H,47,48)(H,49,50)(H,51,52)(H,53,54)(H,55,56)(H,57,58). The Morgan fingerprint density at radius 2 is 0.741 bits per heavy atom. The van der Waals surface area contributed by atoms with Crippen molar-refractivity contribution in [2.45, 2.75) is 102 Å². The summed E-state index contributed by atoms with van der Waals surface area (Å²) in [6.07, 6.45) is 4.85. The van der Waals surface area contributed by atoms with Crippen LogP contribution in [0.4, 0.5) is 0 Å². The van der Waals surface area contributed by atoms with Crippen LogP contribution >= 0.6 is 0 Å². The first kappa shape index (κ1) is 39.0. The third-order valence-electron chi connectivity index (χ3n) is 15.3. The average molecular weight is 803 g/mol. The van der Waals surface area contributed by atoms with Gasteiger partial charge in [0.15, 0.2) is 0 Å². The number of rotatable bonds is 11. The van der Waals surface area contributed by atoms with E-state index in [2.05, 4.69) is 0 Å². The van der Waals surface area contributed by atoms with Crippen molar-refractivity contribution in [2.24, 2.45) is 33.5 Å². The Labute approximate surface area is 329 Å². The van der Waals surface area contributed by atoms with Gasteiger partial charge in [0.1, 0.15) is 0 Å². The van der Waals surface area contributed by atoms with Crippen LogP contribution in [0.2, 0.25) is 0 Å². The van der Waals surface area contributed by atoms with Crippen molar-refractivity contribution in [1.82, 2.24) is 0 Å². The van der Waals surface area contributed by atoms with Crippen LogP contribution in [0.25, 0.3) is 0 Å². The second-order valence-corrected chi connectivity index (χ2v) is 19.4. The van der Waals surface area contributed by atoms with E-state index in [0.717, 1.165) is 0 Å². The van der Waals surface area contributed by atoms with Gasteiger partial charge in [0.2, 0.25) is 0 Å². The van der Waals surface area contributed by atoms with E-state index in [4.69, 9.17) is 0 Å². The molecule has 0 spiro atoms. The lowest BCUT2D eigenvalue weighted by molar-refractivity contribution is -0.250. The third-order valence-corrected chi connectivity index (χ3v) is 15.3. The minimum absolute atomic E-state index is 0.131. The van der Waals surface area contributed by atoms with Crippen LogP contribution in [0.1, 0.15) is 185 Å². The van der Waals surface area contributed by atoms with Crippen LogP contribution in [0, 0.1) is 33.5 Å². The first-order valence-corrected chi connectivity index (χ1v) is 19.1. The van der Waals surface area contributed by atoms with Crippen molar-refractivity contribution >= 4 is 47.8 Å². The van der Waals surface area contributed by atoms with E-state index in [9.17, 15) is 79.2 Å². The lowest BCUT2D eigenvalue weighted by Gasteiger charge is -2.77. The largest absolute Gasteiger partial charge is 0.478 e. The van der Waals surface area contributed by atoms with Gasteiger partial charge >= 0.3 is 47.8 Å². The smallest absolute Gasteiger partial charge is 0.336 e. The molecule has 8 fully saturated rings. The monoisotopic (exact) mass is 802 g/mol. The Kier molecular flexibility index (Phi) is 8.00. The molecule has 306 valence electrons. The highest BCUT2D eigenvalue weighted by molar-refractivity contribution is 6.12. The van der Waals surface area contributed by atoms with Gasteiger partial charge in [0, 0.05) is 0 Å². The fourth-order valence-corrected chi connectivity index (χ4v) is 15.7. The van der Waals surface area contributed by atoms with Crippen molar-refractivity contribution in [3.8, 4) is 0 Å². The molecule has 0 aliphatic heterocycles. The Bertz CT molecular complexity index is 2240. The SMILES string of the molecule is CC12CC3(C)CC(c4c(C(=O)O)c(C(=O)O)cc(C(=O)O)c4C(=O)O)(C1)CC(C14CC5CC(CC(c6c(C(=O)O)c(C(=O)O)cc(C(=O)O)c6C(=O)O)(C5)C1)C4)(C2)C3. The van der Waals surface area contributed by atoms with Crippen LogP contribution in [0.3, 0.4) is 0 Å². The molecule has 2 aromatic rings. The van der Waals surface area contributed by atoms with E-state index in [1.807, 2.05) is 13.8 Å². The second kappa shape index (κ2) is 11.9. The fraction of sp³-hybridized carbons (Fsp3) is 0.524. The molecule has 16 heteroatoms. The van der Waals surface area contributed by atoms with Gasteiger partial charge in [-0.2, -0.15) is 0 Å². The molecule has 0 amide bonds. The molecule has 2 aromatic carbocycles. The molecule has 0 aromatic heterocycles. The van der Waals surface area contributed by atoms with E-state index in [1.54, 1.807) is 0 Å². The molecule has 8 bridgehead atoms. The topological polar surface area (TPSA) is 298 Å². The van der Waals surface area contributed by atoms with Crippen molar-refractivity contribution in [2.75, 3.05) is 0 Å². The number of benzene rings is 2. The number of aromatic carboxylic acids is 8. The Hall–Kier alpha value is -5.80. The number of carboxylic acids is 8. The maximum Gasteiger partial charge on any atom is 0.336 e. The molecule has 8 aliphatic carbocycles. The van der Waals surface area contributed by atoms with Gasteiger partial charge in [0.25, 0.3) is 0 Å². The molecule has 8 saturated carbocycles. The first-order valence-electron chi connectivity index (χ1n) is 19.1. The summed E-state index contributed by atoms with van der Waals surface area (Å²) in [4.78, 5) is 103. The maximum atomic E-state index is 13.2. The summed E-state index contributed by atoms with van der Waals surface area (Å²) in [6, 6.07) is 1.17. The predicted molar refractivity (Wildman–Crippen MR) is 195 cm³/mol. The van der Waals surface area contributed by atoms with Gasteiger partial charge in [-0.1, -0.05) is 13.8 Å². The highest BCUT2D eigenvalue weighted by Crippen LogP contribution is 2.83. The summed E-state index contributed by atoms with van der Waals surface area (Å²) in [6.45, 7) is 4.03. The van der Waals surface area contributed by atoms with E-state index in [0.29, 0.717) is 50.7 Å². The number of carbonyl (C=O) groups is 8. The summed E-state index contributed by atoms with van der Waals surface area (Å²) in [5.41, 5.74) is -12.6. The Morgan fingerprint density at radius 1 is 0.414 bits per heavy atom. The van der Waals surface area contributed by atoms with Crippen molar-refractivity contribution < 1.29 is 79.2 Å². The Morgan fingerprint density at radius 3 is 1.07 bits per heavy atom. The predicted octanol–water partition coefficient (Wildman–Crippen LogP) is 6.43. The second-order valence-electron chi connectivity index (χ2n) is 19.4.